The van der Waals surface area contributed by atoms with Gasteiger partial charge in [0.2, 0.25) is 5.91 Å². The van der Waals surface area contributed by atoms with E-state index in [4.69, 9.17) is 6.42 Å². The lowest BCUT2D eigenvalue weighted by atomic mass is 10.4. The predicted octanol–water partition coefficient (Wildman–Crippen LogP) is 1.51. The number of carbonyl (C=O) groups excluding carboxylic acids is 1. The molecule has 13 heavy (non-hydrogen) atoms. The molecule has 1 heterocycles. The van der Waals surface area contributed by atoms with Crippen molar-refractivity contribution in [2.24, 2.45) is 0 Å². The summed E-state index contributed by atoms with van der Waals surface area (Å²) in [4.78, 5) is 12.1. The molecule has 0 atom stereocenters. The van der Waals surface area contributed by atoms with Gasteiger partial charge in [-0.2, -0.15) is 0 Å². The number of nitrogens with one attached hydrogen (secondary N) is 1. The number of hydrogen-bond donors (Lipinski definition) is 1. The number of hydrogen-bond acceptors (Lipinski definition) is 2. The SMILES string of the molecule is C#CCNC(=O)/C=C/c1cccs1. The van der Waals surface area contributed by atoms with Crippen LogP contribution in [0.3, 0.4) is 0 Å². The number of thiophene rings is 1. The fourth-order valence-corrected chi connectivity index (χ4v) is 1.36. The second-order valence-corrected chi connectivity index (χ2v) is 3.25. The molecule has 0 saturated carbocycles. The normalized spacial score (nSPS) is 9.77. The first-order valence-corrected chi connectivity index (χ1v) is 4.64. The number of rotatable bonds is 3. The lowest BCUT2D eigenvalue weighted by Gasteiger charge is -1.92. The van der Waals surface area contributed by atoms with Gasteiger partial charge in [-0.05, 0) is 17.5 Å². The summed E-state index contributed by atoms with van der Waals surface area (Å²) < 4.78 is 0. The van der Waals surface area contributed by atoms with Crippen LogP contribution in [-0.2, 0) is 4.79 Å². The van der Waals surface area contributed by atoms with Crippen LogP contribution in [0.4, 0.5) is 0 Å². The van der Waals surface area contributed by atoms with Gasteiger partial charge in [0.05, 0.1) is 6.54 Å². The zero-order valence-corrected chi connectivity index (χ0v) is 7.80. The standard InChI is InChI=1S/C10H9NOS/c1-2-7-11-10(12)6-5-9-4-3-8-13-9/h1,3-6,8H,7H2,(H,11,12)/b6-5+. The first-order chi connectivity index (χ1) is 6.33. The van der Waals surface area contributed by atoms with Crippen molar-refractivity contribution in [2.75, 3.05) is 6.54 Å². The molecular formula is C10H9NOS. The van der Waals surface area contributed by atoms with E-state index in [1.54, 1.807) is 17.4 Å². The van der Waals surface area contributed by atoms with Crippen LogP contribution in [0.15, 0.2) is 23.6 Å². The van der Waals surface area contributed by atoms with Crippen LogP contribution >= 0.6 is 11.3 Å². The molecule has 0 unspecified atom stereocenters. The van der Waals surface area contributed by atoms with Gasteiger partial charge in [0.25, 0.3) is 0 Å². The first-order valence-electron chi connectivity index (χ1n) is 3.76. The second-order valence-electron chi connectivity index (χ2n) is 2.27. The minimum atomic E-state index is -0.161. The monoisotopic (exact) mass is 191 g/mol. The summed E-state index contributed by atoms with van der Waals surface area (Å²) >= 11 is 1.58. The summed E-state index contributed by atoms with van der Waals surface area (Å²) in [5.41, 5.74) is 0. The van der Waals surface area contributed by atoms with Crippen LogP contribution in [0.5, 0.6) is 0 Å². The maximum atomic E-state index is 11.0. The zero-order valence-electron chi connectivity index (χ0n) is 6.99. The van der Waals surface area contributed by atoms with Gasteiger partial charge >= 0.3 is 0 Å². The molecule has 1 aromatic rings. The fourth-order valence-electron chi connectivity index (χ4n) is 0.741. The molecule has 0 spiro atoms. The molecular weight excluding hydrogens is 182 g/mol. The fraction of sp³-hybridized carbons (Fsp3) is 0.100. The molecule has 1 aromatic heterocycles. The third-order valence-electron chi connectivity index (χ3n) is 1.31. The highest BCUT2D eigenvalue weighted by Crippen LogP contribution is 2.09. The third-order valence-corrected chi connectivity index (χ3v) is 2.14. The Hall–Kier alpha value is -1.53. The Morgan fingerprint density at radius 1 is 1.77 bits per heavy atom. The average molecular weight is 191 g/mol. The Morgan fingerprint density at radius 3 is 3.23 bits per heavy atom. The number of carbonyl (C=O) groups is 1. The van der Waals surface area contributed by atoms with Crippen molar-refractivity contribution in [1.29, 1.82) is 0 Å². The molecule has 66 valence electrons. The number of terminal acetylenes is 1. The van der Waals surface area contributed by atoms with E-state index in [0.717, 1.165) is 4.88 Å². The Kier molecular flexibility index (Phi) is 3.80. The van der Waals surface area contributed by atoms with Gasteiger partial charge in [-0.1, -0.05) is 12.0 Å². The largest absolute Gasteiger partial charge is 0.342 e. The van der Waals surface area contributed by atoms with Gasteiger partial charge in [-0.3, -0.25) is 4.79 Å². The average Bonchev–Trinajstić information content (AvgIpc) is 2.64. The molecule has 1 rings (SSSR count). The van der Waals surface area contributed by atoms with Crippen LogP contribution in [0, 0.1) is 12.3 Å². The molecule has 0 aromatic carbocycles. The summed E-state index contributed by atoms with van der Waals surface area (Å²) in [7, 11) is 0. The highest BCUT2D eigenvalue weighted by atomic mass is 32.1. The van der Waals surface area contributed by atoms with E-state index >= 15 is 0 Å². The van der Waals surface area contributed by atoms with E-state index in [0.29, 0.717) is 0 Å². The van der Waals surface area contributed by atoms with Crippen molar-refractivity contribution in [3.63, 3.8) is 0 Å². The van der Waals surface area contributed by atoms with Crippen LogP contribution < -0.4 is 5.32 Å². The molecule has 1 amide bonds. The molecule has 0 aliphatic rings. The Bertz CT molecular complexity index is 332. The lowest BCUT2D eigenvalue weighted by molar-refractivity contribution is -0.116. The van der Waals surface area contributed by atoms with Crippen molar-refractivity contribution in [3.8, 4) is 12.3 Å². The van der Waals surface area contributed by atoms with Gasteiger partial charge in [0, 0.05) is 11.0 Å². The van der Waals surface area contributed by atoms with E-state index in [-0.39, 0.29) is 12.5 Å². The maximum absolute atomic E-state index is 11.0. The summed E-state index contributed by atoms with van der Waals surface area (Å²) in [6.45, 7) is 0.271. The zero-order chi connectivity index (χ0) is 9.52. The van der Waals surface area contributed by atoms with Crippen molar-refractivity contribution < 1.29 is 4.79 Å². The quantitative estimate of drug-likeness (QED) is 0.569. The second kappa shape index (κ2) is 5.18. The highest BCUT2D eigenvalue weighted by molar-refractivity contribution is 7.10. The minimum absolute atomic E-state index is 0.161. The summed E-state index contributed by atoms with van der Waals surface area (Å²) in [6.07, 6.45) is 8.22. The molecule has 0 fully saturated rings. The molecule has 2 nitrogen and oxygen atoms in total. The van der Waals surface area contributed by atoms with Crippen molar-refractivity contribution in [2.45, 2.75) is 0 Å². The van der Waals surface area contributed by atoms with E-state index < -0.39 is 0 Å². The van der Waals surface area contributed by atoms with E-state index in [1.807, 2.05) is 17.5 Å². The van der Waals surface area contributed by atoms with Crippen molar-refractivity contribution >= 4 is 23.3 Å². The van der Waals surface area contributed by atoms with Crippen molar-refractivity contribution in [1.82, 2.24) is 5.32 Å². The van der Waals surface area contributed by atoms with Gasteiger partial charge in [-0.15, -0.1) is 17.8 Å². The lowest BCUT2D eigenvalue weighted by Crippen LogP contribution is -2.20. The summed E-state index contributed by atoms with van der Waals surface area (Å²) in [5.74, 6) is 2.17. The van der Waals surface area contributed by atoms with Gasteiger partial charge in [0.15, 0.2) is 0 Å². The van der Waals surface area contributed by atoms with Crippen LogP contribution in [0.2, 0.25) is 0 Å². The Labute approximate surface area is 81.3 Å². The van der Waals surface area contributed by atoms with E-state index in [1.165, 1.54) is 6.08 Å². The van der Waals surface area contributed by atoms with Gasteiger partial charge in [0.1, 0.15) is 0 Å². The number of amides is 1. The van der Waals surface area contributed by atoms with Gasteiger partial charge < -0.3 is 5.32 Å². The van der Waals surface area contributed by atoms with Gasteiger partial charge in [-0.25, -0.2) is 0 Å². The molecule has 3 heteroatoms. The third kappa shape index (κ3) is 3.59. The predicted molar refractivity (Wildman–Crippen MR) is 55.2 cm³/mol. The van der Waals surface area contributed by atoms with Crippen LogP contribution in [0.1, 0.15) is 4.88 Å². The molecule has 0 radical (unpaired) electrons. The Morgan fingerprint density at radius 2 is 2.62 bits per heavy atom. The molecule has 0 aliphatic heterocycles. The van der Waals surface area contributed by atoms with E-state index in [9.17, 15) is 4.79 Å². The topological polar surface area (TPSA) is 29.1 Å². The summed E-state index contributed by atoms with van der Waals surface area (Å²) in [6, 6.07) is 3.87. The molecule has 0 aliphatic carbocycles. The minimum Gasteiger partial charge on any atom is -0.342 e. The molecule has 0 bridgehead atoms. The molecule has 1 N–H and O–H groups in total. The molecule has 0 saturated heterocycles. The van der Waals surface area contributed by atoms with Crippen LogP contribution in [-0.4, -0.2) is 12.5 Å². The summed E-state index contributed by atoms with van der Waals surface area (Å²) in [5, 5.41) is 4.49. The Balaban J connectivity index is 2.41. The smallest absolute Gasteiger partial charge is 0.244 e. The first kappa shape index (κ1) is 9.56. The highest BCUT2D eigenvalue weighted by Gasteiger charge is 1.91. The van der Waals surface area contributed by atoms with Crippen LogP contribution in [0.25, 0.3) is 6.08 Å². The van der Waals surface area contributed by atoms with E-state index in [2.05, 4.69) is 11.2 Å². The maximum Gasteiger partial charge on any atom is 0.244 e. The van der Waals surface area contributed by atoms with Crippen molar-refractivity contribution in [3.05, 3.63) is 28.5 Å².